The fourth-order valence-corrected chi connectivity index (χ4v) is 8.19. The van der Waals surface area contributed by atoms with Crippen molar-refractivity contribution in [1.82, 2.24) is 34.6 Å². The van der Waals surface area contributed by atoms with Gasteiger partial charge >= 0.3 is 0 Å². The molecule has 0 unspecified atom stereocenters. The van der Waals surface area contributed by atoms with Crippen LogP contribution in [0.15, 0.2) is 59.6 Å². The number of aromatic nitrogens is 6. The summed E-state index contributed by atoms with van der Waals surface area (Å²) in [5.41, 5.74) is 4.60. The molecular formula is C34H40BrN10O2P. The number of nitrogens with one attached hydrogen (secondary N) is 2. The highest BCUT2D eigenvalue weighted by Gasteiger charge is 2.29. The van der Waals surface area contributed by atoms with Crippen LogP contribution in [0.3, 0.4) is 0 Å². The molecule has 4 aromatic heterocycles. The van der Waals surface area contributed by atoms with Gasteiger partial charge in [-0.25, -0.2) is 4.98 Å². The van der Waals surface area contributed by atoms with Gasteiger partial charge in [-0.1, -0.05) is 14.0 Å². The van der Waals surface area contributed by atoms with Crippen molar-refractivity contribution in [3.05, 3.63) is 59.6 Å². The van der Waals surface area contributed by atoms with E-state index in [1.54, 1.807) is 13.3 Å². The third-order valence-corrected chi connectivity index (χ3v) is 10.9. The number of benzene rings is 1. The predicted octanol–water partition coefficient (Wildman–Crippen LogP) is 5.75. The van der Waals surface area contributed by atoms with Crippen molar-refractivity contribution < 1.29 is 9.47 Å². The number of rotatable bonds is 9. The van der Waals surface area contributed by atoms with E-state index < -0.39 is 7.92 Å². The van der Waals surface area contributed by atoms with E-state index in [2.05, 4.69) is 83.0 Å². The molecule has 2 N–H and O–H groups in total. The van der Waals surface area contributed by atoms with Crippen LogP contribution in [0.25, 0.3) is 22.0 Å². The van der Waals surface area contributed by atoms with Gasteiger partial charge in [0, 0.05) is 85.4 Å². The molecule has 6 heterocycles. The Balaban J connectivity index is 1.19. The van der Waals surface area contributed by atoms with Gasteiger partial charge in [0.25, 0.3) is 0 Å². The zero-order chi connectivity index (χ0) is 33.2. The summed E-state index contributed by atoms with van der Waals surface area (Å²) in [6.07, 6.45) is 9.62. The maximum absolute atomic E-state index is 5.87. The predicted molar refractivity (Wildman–Crippen MR) is 197 cm³/mol. The summed E-state index contributed by atoms with van der Waals surface area (Å²) in [6.45, 7) is 9.97. The fourth-order valence-electron chi connectivity index (χ4n) is 6.61. The topological polar surface area (TPSA) is 118 Å². The molecule has 5 aromatic rings. The zero-order valence-electron chi connectivity index (χ0n) is 27.6. The molecule has 2 aliphatic heterocycles. The summed E-state index contributed by atoms with van der Waals surface area (Å²) in [4.78, 5) is 24.1. The molecule has 2 saturated heterocycles. The van der Waals surface area contributed by atoms with Gasteiger partial charge in [0.1, 0.15) is 17.3 Å². The van der Waals surface area contributed by atoms with E-state index in [0.717, 1.165) is 90.2 Å². The van der Waals surface area contributed by atoms with Gasteiger partial charge in [0.2, 0.25) is 11.8 Å². The normalized spacial score (nSPS) is 16.1. The lowest BCUT2D eigenvalue weighted by atomic mass is 10.0. The van der Waals surface area contributed by atoms with Crippen LogP contribution >= 0.6 is 23.9 Å². The van der Waals surface area contributed by atoms with Crippen LogP contribution in [0.2, 0.25) is 0 Å². The van der Waals surface area contributed by atoms with E-state index in [-0.39, 0.29) is 0 Å². The monoisotopic (exact) mass is 730 g/mol. The number of piperidine rings is 1. The standard InChI is InChI=1S/C34H40BrN10O2P/c1-43-21-22(19-38-43)25-18-29(33(46-2)42-32(25)45-12-9-23(10-13-45)44-14-16-47-17-15-44)40-34-37-20-26(35)31(41-34)39-28-8-7-27-24(6-5-11-36-27)30(28)48(3)4/h5-8,11,18-21,23H,9-10,12-17H2,1-4H3,(H2,37,39,40,41). The molecule has 0 amide bonds. The maximum atomic E-state index is 5.87. The average molecular weight is 732 g/mol. The Labute approximate surface area is 290 Å². The molecule has 0 saturated carbocycles. The summed E-state index contributed by atoms with van der Waals surface area (Å²) in [6, 6.07) is 10.9. The molecule has 12 nitrogen and oxygen atoms in total. The summed E-state index contributed by atoms with van der Waals surface area (Å²) >= 11 is 3.66. The Bertz CT molecular complexity index is 1910. The van der Waals surface area contributed by atoms with Crippen molar-refractivity contribution in [2.75, 3.05) is 75.4 Å². The van der Waals surface area contributed by atoms with Crippen LogP contribution in [0.1, 0.15) is 12.8 Å². The van der Waals surface area contributed by atoms with Gasteiger partial charge in [0.05, 0.1) is 36.5 Å². The van der Waals surface area contributed by atoms with Gasteiger partial charge in [0.15, 0.2) is 0 Å². The second kappa shape index (κ2) is 14.3. The lowest BCUT2D eigenvalue weighted by Gasteiger charge is -2.40. The first-order valence-corrected chi connectivity index (χ1v) is 19.2. The Morgan fingerprint density at radius 2 is 1.79 bits per heavy atom. The van der Waals surface area contributed by atoms with E-state index in [1.807, 2.05) is 42.5 Å². The minimum absolute atomic E-state index is 0.413. The van der Waals surface area contributed by atoms with Crippen molar-refractivity contribution in [3.8, 4) is 17.0 Å². The summed E-state index contributed by atoms with van der Waals surface area (Å²) < 4.78 is 14.0. The van der Waals surface area contributed by atoms with Crippen LogP contribution in [0.4, 0.5) is 29.0 Å². The number of fused-ring (bicyclic) bond motifs is 1. The number of anilines is 5. The summed E-state index contributed by atoms with van der Waals surface area (Å²) in [5.74, 6) is 2.42. The summed E-state index contributed by atoms with van der Waals surface area (Å²) in [7, 11) is 3.13. The van der Waals surface area contributed by atoms with Crippen LogP contribution in [-0.2, 0) is 11.8 Å². The Morgan fingerprint density at radius 1 is 0.979 bits per heavy atom. The van der Waals surface area contributed by atoms with E-state index in [0.29, 0.717) is 29.4 Å². The van der Waals surface area contributed by atoms with E-state index in [1.165, 1.54) is 5.30 Å². The highest BCUT2D eigenvalue weighted by Crippen LogP contribution is 2.39. The minimum atomic E-state index is -0.435. The number of pyridine rings is 2. The smallest absolute Gasteiger partial charge is 0.239 e. The number of morpholine rings is 1. The minimum Gasteiger partial charge on any atom is -0.479 e. The molecule has 14 heteroatoms. The fraction of sp³-hybridized carbons (Fsp3) is 0.382. The molecule has 1 aromatic carbocycles. The van der Waals surface area contributed by atoms with Crippen LogP contribution in [0, 0.1) is 0 Å². The van der Waals surface area contributed by atoms with Gasteiger partial charge in [-0.05, 0) is 66.4 Å². The molecule has 2 fully saturated rings. The summed E-state index contributed by atoms with van der Waals surface area (Å²) in [5, 5.41) is 13.8. The number of halogens is 1. The number of hydrogen-bond donors (Lipinski definition) is 2. The zero-order valence-corrected chi connectivity index (χ0v) is 30.1. The van der Waals surface area contributed by atoms with Gasteiger partial charge in [-0.3, -0.25) is 14.6 Å². The highest BCUT2D eigenvalue weighted by molar-refractivity contribution is 9.10. The second-order valence-corrected chi connectivity index (χ2v) is 15.3. The molecule has 0 atom stereocenters. The largest absolute Gasteiger partial charge is 0.479 e. The maximum Gasteiger partial charge on any atom is 0.239 e. The Kier molecular flexibility index (Phi) is 9.72. The quantitative estimate of drug-likeness (QED) is 0.181. The molecule has 2 aliphatic rings. The number of ether oxygens (including phenoxy) is 2. The van der Waals surface area contributed by atoms with Crippen LogP contribution < -0.4 is 25.6 Å². The molecule has 0 radical (unpaired) electrons. The Morgan fingerprint density at radius 3 is 2.52 bits per heavy atom. The van der Waals surface area contributed by atoms with Crippen molar-refractivity contribution in [2.24, 2.45) is 7.05 Å². The van der Waals surface area contributed by atoms with Crippen molar-refractivity contribution in [1.29, 1.82) is 0 Å². The van der Waals surface area contributed by atoms with Crippen molar-refractivity contribution in [3.63, 3.8) is 0 Å². The van der Waals surface area contributed by atoms with E-state index in [9.17, 15) is 0 Å². The average Bonchev–Trinajstić information content (AvgIpc) is 3.55. The molecule has 48 heavy (non-hydrogen) atoms. The molecule has 250 valence electrons. The molecule has 0 aliphatic carbocycles. The van der Waals surface area contributed by atoms with E-state index in [4.69, 9.17) is 19.4 Å². The number of methoxy groups -OCH3 is 1. The molecular weight excluding hydrogens is 691 g/mol. The SMILES string of the molecule is COc1nc(N2CCC(N3CCOCC3)CC2)c(-c2cnn(C)c2)cc1Nc1ncc(Br)c(Nc2ccc3ncccc3c2P(C)C)n1. The Hall–Kier alpha value is -3.90. The lowest BCUT2D eigenvalue weighted by molar-refractivity contribution is 0.0115. The molecule has 0 spiro atoms. The first-order valence-electron chi connectivity index (χ1n) is 16.1. The lowest BCUT2D eigenvalue weighted by Crippen LogP contribution is -2.49. The first-order chi connectivity index (χ1) is 23.4. The molecule has 7 rings (SSSR count). The van der Waals surface area contributed by atoms with Crippen LogP contribution in [0.5, 0.6) is 5.88 Å². The van der Waals surface area contributed by atoms with Gasteiger partial charge in [-0.2, -0.15) is 15.1 Å². The highest BCUT2D eigenvalue weighted by atomic mass is 79.9. The number of nitrogens with zero attached hydrogens (tertiary/aromatic N) is 8. The van der Waals surface area contributed by atoms with E-state index >= 15 is 0 Å². The van der Waals surface area contributed by atoms with Gasteiger partial charge in [-0.15, -0.1) is 0 Å². The van der Waals surface area contributed by atoms with Crippen molar-refractivity contribution >= 4 is 69.0 Å². The number of aryl methyl sites for hydroxylation is 1. The third kappa shape index (κ3) is 6.82. The van der Waals surface area contributed by atoms with Crippen LogP contribution in [-0.4, -0.2) is 100 Å². The third-order valence-electron chi connectivity index (χ3n) is 8.95. The molecule has 0 bridgehead atoms. The second-order valence-electron chi connectivity index (χ2n) is 12.3. The first kappa shape index (κ1) is 32.6. The number of hydrogen-bond acceptors (Lipinski definition) is 11. The van der Waals surface area contributed by atoms with Gasteiger partial charge < -0.3 is 25.0 Å². The van der Waals surface area contributed by atoms with Crippen molar-refractivity contribution in [2.45, 2.75) is 18.9 Å².